The normalized spacial score (nSPS) is 13.1. The van der Waals surface area contributed by atoms with Crippen molar-refractivity contribution in [1.29, 1.82) is 0 Å². The molecule has 0 radical (unpaired) electrons. The second-order valence-corrected chi connectivity index (χ2v) is 5.88. The first-order valence-corrected chi connectivity index (χ1v) is 7.36. The second kappa shape index (κ2) is 4.21. The van der Waals surface area contributed by atoms with E-state index in [2.05, 4.69) is 62.4 Å². The van der Waals surface area contributed by atoms with Crippen molar-refractivity contribution in [2.75, 3.05) is 0 Å². The molecule has 0 aromatic heterocycles. The standard InChI is InChI=1S/C20H18/c1-13-5-3-6-14(2)19(13)18-12-11-16-10-9-15-7-4-8-17(18)20(15)16/h3-8,11-12H,9-10H2,1-2H3. The third-order valence-electron chi connectivity index (χ3n) is 4.63. The van der Waals surface area contributed by atoms with E-state index in [-0.39, 0.29) is 0 Å². The van der Waals surface area contributed by atoms with E-state index < -0.39 is 0 Å². The third-order valence-corrected chi connectivity index (χ3v) is 4.63. The van der Waals surface area contributed by atoms with Crippen molar-refractivity contribution in [2.24, 2.45) is 0 Å². The minimum Gasteiger partial charge on any atom is -0.0617 e. The van der Waals surface area contributed by atoms with Crippen LogP contribution in [0.5, 0.6) is 0 Å². The van der Waals surface area contributed by atoms with Crippen molar-refractivity contribution in [2.45, 2.75) is 26.7 Å². The molecule has 0 spiro atoms. The molecule has 0 fully saturated rings. The Labute approximate surface area is 120 Å². The summed E-state index contributed by atoms with van der Waals surface area (Å²) >= 11 is 0. The minimum absolute atomic E-state index is 1.20. The van der Waals surface area contributed by atoms with Crippen LogP contribution in [0.25, 0.3) is 21.9 Å². The van der Waals surface area contributed by atoms with Gasteiger partial charge in [0.1, 0.15) is 0 Å². The fourth-order valence-electron chi connectivity index (χ4n) is 3.70. The van der Waals surface area contributed by atoms with Crippen LogP contribution in [-0.2, 0) is 12.8 Å². The highest BCUT2D eigenvalue weighted by atomic mass is 14.2. The Morgan fingerprint density at radius 2 is 1.35 bits per heavy atom. The molecule has 0 amide bonds. The molecule has 0 nitrogen and oxygen atoms in total. The molecule has 1 aliphatic rings. The largest absolute Gasteiger partial charge is 0.0617 e. The zero-order valence-corrected chi connectivity index (χ0v) is 12.0. The Balaban J connectivity index is 2.12. The SMILES string of the molecule is Cc1cccc(C)c1-c1ccc2c3c(cccc13)CC2. The van der Waals surface area contributed by atoms with Gasteiger partial charge in [0.25, 0.3) is 0 Å². The van der Waals surface area contributed by atoms with Gasteiger partial charge in [-0.25, -0.2) is 0 Å². The molecular formula is C20H18. The van der Waals surface area contributed by atoms with E-state index in [1.165, 1.54) is 57.0 Å². The maximum atomic E-state index is 2.33. The van der Waals surface area contributed by atoms with Crippen LogP contribution in [0.1, 0.15) is 22.3 Å². The highest BCUT2D eigenvalue weighted by Gasteiger charge is 2.17. The first-order chi connectivity index (χ1) is 9.75. The van der Waals surface area contributed by atoms with Gasteiger partial charge in [-0.05, 0) is 70.8 Å². The van der Waals surface area contributed by atoms with Gasteiger partial charge in [0.15, 0.2) is 0 Å². The molecule has 0 saturated carbocycles. The average molecular weight is 258 g/mol. The summed E-state index contributed by atoms with van der Waals surface area (Å²) < 4.78 is 0. The smallest absolute Gasteiger partial charge is 0.00997 e. The summed E-state index contributed by atoms with van der Waals surface area (Å²) in [4.78, 5) is 0. The predicted octanol–water partition coefficient (Wildman–Crippen LogP) is 5.22. The van der Waals surface area contributed by atoms with Crippen molar-refractivity contribution in [3.8, 4) is 11.1 Å². The Hall–Kier alpha value is -2.08. The molecule has 0 heterocycles. The Bertz CT molecular complexity index is 794. The average Bonchev–Trinajstić information content (AvgIpc) is 2.86. The number of hydrogen-bond acceptors (Lipinski definition) is 0. The van der Waals surface area contributed by atoms with E-state index in [1.54, 1.807) is 0 Å². The minimum atomic E-state index is 1.20. The first-order valence-electron chi connectivity index (χ1n) is 7.36. The maximum Gasteiger partial charge on any atom is -0.00997 e. The van der Waals surface area contributed by atoms with Crippen molar-refractivity contribution in [1.82, 2.24) is 0 Å². The molecule has 4 rings (SSSR count). The number of benzene rings is 3. The fraction of sp³-hybridized carbons (Fsp3) is 0.200. The number of aryl methyl sites for hydroxylation is 4. The summed E-state index contributed by atoms with van der Waals surface area (Å²) in [6, 6.07) is 18.0. The molecule has 0 unspecified atom stereocenters. The highest BCUT2D eigenvalue weighted by Crippen LogP contribution is 2.38. The maximum absolute atomic E-state index is 2.33. The van der Waals surface area contributed by atoms with E-state index in [1.807, 2.05) is 0 Å². The molecule has 3 aromatic rings. The second-order valence-electron chi connectivity index (χ2n) is 5.88. The van der Waals surface area contributed by atoms with E-state index in [0.717, 1.165) is 0 Å². The van der Waals surface area contributed by atoms with Crippen molar-refractivity contribution in [3.05, 3.63) is 70.8 Å². The van der Waals surface area contributed by atoms with Crippen molar-refractivity contribution in [3.63, 3.8) is 0 Å². The van der Waals surface area contributed by atoms with E-state index >= 15 is 0 Å². The van der Waals surface area contributed by atoms with Gasteiger partial charge in [-0.3, -0.25) is 0 Å². The molecule has 1 aliphatic carbocycles. The summed E-state index contributed by atoms with van der Waals surface area (Å²) in [5.41, 5.74) is 8.56. The van der Waals surface area contributed by atoms with Crippen LogP contribution >= 0.6 is 0 Å². The molecule has 0 aliphatic heterocycles. The number of rotatable bonds is 1. The molecule has 0 saturated heterocycles. The Morgan fingerprint density at radius 1 is 0.700 bits per heavy atom. The first kappa shape index (κ1) is 11.7. The van der Waals surface area contributed by atoms with Crippen LogP contribution in [0.15, 0.2) is 48.5 Å². The third kappa shape index (κ3) is 1.54. The zero-order valence-electron chi connectivity index (χ0n) is 12.0. The Kier molecular flexibility index (Phi) is 2.47. The van der Waals surface area contributed by atoms with Gasteiger partial charge in [0.05, 0.1) is 0 Å². The fourth-order valence-corrected chi connectivity index (χ4v) is 3.70. The lowest BCUT2D eigenvalue weighted by Gasteiger charge is -2.14. The molecule has 0 N–H and O–H groups in total. The zero-order chi connectivity index (χ0) is 13.7. The van der Waals surface area contributed by atoms with Crippen molar-refractivity contribution >= 4 is 10.8 Å². The van der Waals surface area contributed by atoms with E-state index in [0.29, 0.717) is 0 Å². The molecule has 20 heavy (non-hydrogen) atoms. The van der Waals surface area contributed by atoms with Gasteiger partial charge in [-0.2, -0.15) is 0 Å². The van der Waals surface area contributed by atoms with Crippen LogP contribution in [0.3, 0.4) is 0 Å². The van der Waals surface area contributed by atoms with Gasteiger partial charge in [-0.15, -0.1) is 0 Å². The van der Waals surface area contributed by atoms with Gasteiger partial charge in [0, 0.05) is 0 Å². The lowest BCUT2D eigenvalue weighted by atomic mass is 9.90. The molecule has 3 aromatic carbocycles. The van der Waals surface area contributed by atoms with Crippen LogP contribution in [0.2, 0.25) is 0 Å². The predicted molar refractivity (Wildman–Crippen MR) is 86.3 cm³/mol. The topological polar surface area (TPSA) is 0 Å². The van der Waals surface area contributed by atoms with E-state index in [4.69, 9.17) is 0 Å². The molecule has 98 valence electrons. The molecule has 0 bridgehead atoms. The van der Waals surface area contributed by atoms with Gasteiger partial charge < -0.3 is 0 Å². The molecule has 0 atom stereocenters. The summed E-state index contributed by atoms with van der Waals surface area (Å²) in [6.07, 6.45) is 2.39. The monoisotopic (exact) mass is 258 g/mol. The van der Waals surface area contributed by atoms with Crippen LogP contribution in [0, 0.1) is 13.8 Å². The van der Waals surface area contributed by atoms with Gasteiger partial charge in [0.2, 0.25) is 0 Å². The summed E-state index contributed by atoms with van der Waals surface area (Å²) in [7, 11) is 0. The van der Waals surface area contributed by atoms with Crippen LogP contribution in [-0.4, -0.2) is 0 Å². The lowest BCUT2D eigenvalue weighted by molar-refractivity contribution is 1.02. The quantitative estimate of drug-likeness (QED) is 0.561. The summed E-state index contributed by atoms with van der Waals surface area (Å²) in [6.45, 7) is 4.43. The molecular weight excluding hydrogens is 240 g/mol. The highest BCUT2D eigenvalue weighted by molar-refractivity contribution is 6.02. The lowest BCUT2D eigenvalue weighted by Crippen LogP contribution is -1.90. The number of hydrogen-bond donors (Lipinski definition) is 0. The van der Waals surface area contributed by atoms with Crippen molar-refractivity contribution < 1.29 is 0 Å². The summed E-state index contributed by atoms with van der Waals surface area (Å²) in [5.74, 6) is 0. The van der Waals surface area contributed by atoms with Gasteiger partial charge in [-0.1, -0.05) is 48.5 Å². The molecule has 0 heteroatoms. The van der Waals surface area contributed by atoms with E-state index in [9.17, 15) is 0 Å². The van der Waals surface area contributed by atoms with Crippen LogP contribution < -0.4 is 0 Å². The Morgan fingerprint density at radius 3 is 2.10 bits per heavy atom. The van der Waals surface area contributed by atoms with Crippen LogP contribution in [0.4, 0.5) is 0 Å². The van der Waals surface area contributed by atoms with Gasteiger partial charge >= 0.3 is 0 Å². The summed E-state index contributed by atoms with van der Waals surface area (Å²) in [5, 5.41) is 2.93.